The molecule has 0 radical (unpaired) electrons. The Morgan fingerprint density at radius 2 is 2.11 bits per heavy atom. The second-order valence-corrected chi connectivity index (χ2v) is 4.90. The summed E-state index contributed by atoms with van der Waals surface area (Å²) < 4.78 is 5.14. The number of hydrogen-bond donors (Lipinski definition) is 1. The van der Waals surface area contributed by atoms with Crippen molar-refractivity contribution in [2.45, 2.75) is 19.0 Å². The van der Waals surface area contributed by atoms with Gasteiger partial charge in [-0.3, -0.25) is 10.1 Å². The van der Waals surface area contributed by atoms with Gasteiger partial charge >= 0.3 is 0 Å². The van der Waals surface area contributed by atoms with Crippen LogP contribution in [0.15, 0.2) is 30.3 Å². The van der Waals surface area contributed by atoms with Gasteiger partial charge in [-0.25, -0.2) is 0 Å². The van der Waals surface area contributed by atoms with Gasteiger partial charge in [-0.1, -0.05) is 30.3 Å². The number of carbonyl (C=O) groups is 1. The number of amides is 1. The number of ether oxygens (including phenoxy) is 1. The van der Waals surface area contributed by atoms with Gasteiger partial charge < -0.3 is 9.64 Å². The molecule has 1 saturated heterocycles. The van der Waals surface area contributed by atoms with Crippen LogP contribution >= 0.6 is 0 Å². The van der Waals surface area contributed by atoms with Crippen LogP contribution in [0.5, 0.6) is 0 Å². The first-order valence-electron chi connectivity index (χ1n) is 6.23. The van der Waals surface area contributed by atoms with Crippen molar-refractivity contribution in [3.63, 3.8) is 0 Å². The lowest BCUT2D eigenvalue weighted by Crippen LogP contribution is -2.64. The van der Waals surface area contributed by atoms with Crippen molar-refractivity contribution < 1.29 is 9.53 Å². The van der Waals surface area contributed by atoms with Crippen LogP contribution in [0.25, 0.3) is 0 Å². The third-order valence-electron chi connectivity index (χ3n) is 3.31. The fourth-order valence-corrected chi connectivity index (χ4v) is 2.35. The summed E-state index contributed by atoms with van der Waals surface area (Å²) in [7, 11) is 1.62. The quantitative estimate of drug-likeness (QED) is 0.865. The zero-order valence-corrected chi connectivity index (χ0v) is 11.0. The molecule has 1 aliphatic heterocycles. The normalized spacial score (nSPS) is 24.3. The highest BCUT2D eigenvalue weighted by molar-refractivity contribution is 5.87. The summed E-state index contributed by atoms with van der Waals surface area (Å²) in [5.41, 5.74) is 0.564. The molecule has 1 aromatic carbocycles. The number of nitrogens with one attached hydrogen (secondary N) is 1. The Bertz CT molecular complexity index is 404. The van der Waals surface area contributed by atoms with Gasteiger partial charge in [0.05, 0.1) is 6.61 Å². The molecule has 18 heavy (non-hydrogen) atoms. The predicted molar refractivity (Wildman–Crippen MR) is 70.1 cm³/mol. The smallest absolute Gasteiger partial charge is 0.245 e. The summed E-state index contributed by atoms with van der Waals surface area (Å²) in [5, 5.41) is 3.25. The van der Waals surface area contributed by atoms with E-state index in [4.69, 9.17) is 4.74 Å². The molecule has 0 unspecified atom stereocenters. The molecule has 1 aliphatic rings. The van der Waals surface area contributed by atoms with Gasteiger partial charge in [-0.2, -0.15) is 0 Å². The maximum atomic E-state index is 12.4. The third kappa shape index (κ3) is 2.71. The number of hydrogen-bond acceptors (Lipinski definition) is 3. The zero-order valence-electron chi connectivity index (χ0n) is 11.0. The predicted octanol–water partition coefficient (Wildman–Crippen LogP) is 1.02. The van der Waals surface area contributed by atoms with Crippen LogP contribution in [-0.2, 0) is 16.1 Å². The lowest BCUT2D eigenvalue weighted by molar-refractivity contribution is -0.143. The second kappa shape index (κ2) is 5.50. The van der Waals surface area contributed by atoms with Crippen molar-refractivity contribution in [3.8, 4) is 0 Å². The summed E-state index contributed by atoms with van der Waals surface area (Å²) in [4.78, 5) is 14.3. The number of carbonyl (C=O) groups excluding carboxylic acids is 1. The average Bonchev–Trinajstić information content (AvgIpc) is 2.37. The van der Waals surface area contributed by atoms with E-state index in [0.29, 0.717) is 13.2 Å². The van der Waals surface area contributed by atoms with Gasteiger partial charge in [0.1, 0.15) is 5.54 Å². The van der Waals surface area contributed by atoms with Gasteiger partial charge in [0.2, 0.25) is 5.91 Å². The maximum absolute atomic E-state index is 12.4. The zero-order chi connectivity index (χ0) is 13.0. The molecule has 1 amide bonds. The van der Waals surface area contributed by atoms with Crippen LogP contribution in [0.4, 0.5) is 0 Å². The lowest BCUT2D eigenvalue weighted by Gasteiger charge is -2.40. The maximum Gasteiger partial charge on any atom is 0.245 e. The molecule has 1 heterocycles. The van der Waals surface area contributed by atoms with E-state index in [9.17, 15) is 4.79 Å². The molecule has 98 valence electrons. The van der Waals surface area contributed by atoms with Gasteiger partial charge in [0, 0.05) is 26.7 Å². The summed E-state index contributed by atoms with van der Waals surface area (Å²) >= 11 is 0. The Morgan fingerprint density at radius 1 is 1.39 bits per heavy atom. The van der Waals surface area contributed by atoms with Crippen LogP contribution in [-0.4, -0.2) is 43.2 Å². The van der Waals surface area contributed by atoms with E-state index in [1.54, 1.807) is 7.11 Å². The largest absolute Gasteiger partial charge is 0.382 e. The Hall–Kier alpha value is -1.39. The van der Waals surface area contributed by atoms with Crippen LogP contribution in [0.3, 0.4) is 0 Å². The first-order chi connectivity index (χ1) is 8.65. The summed E-state index contributed by atoms with van der Waals surface area (Å²) in [5.74, 6) is 0.111. The van der Waals surface area contributed by atoms with E-state index in [-0.39, 0.29) is 5.91 Å². The average molecular weight is 248 g/mol. The Labute approximate surface area is 108 Å². The highest BCUT2D eigenvalue weighted by Crippen LogP contribution is 2.16. The molecule has 0 aliphatic carbocycles. The molecule has 0 bridgehead atoms. The number of rotatable bonds is 4. The van der Waals surface area contributed by atoms with Gasteiger partial charge in [-0.15, -0.1) is 0 Å². The number of methoxy groups -OCH3 is 1. The van der Waals surface area contributed by atoms with Crippen molar-refractivity contribution in [1.29, 1.82) is 0 Å². The number of benzene rings is 1. The van der Waals surface area contributed by atoms with E-state index in [2.05, 4.69) is 5.32 Å². The fraction of sp³-hybridized carbons (Fsp3) is 0.500. The van der Waals surface area contributed by atoms with Crippen LogP contribution in [0.2, 0.25) is 0 Å². The van der Waals surface area contributed by atoms with Gasteiger partial charge in [0.15, 0.2) is 0 Å². The first kappa shape index (κ1) is 13.1. The molecular weight excluding hydrogens is 228 g/mol. The highest BCUT2D eigenvalue weighted by atomic mass is 16.5. The van der Waals surface area contributed by atoms with Crippen molar-refractivity contribution in [2.75, 3.05) is 26.8 Å². The SMILES string of the molecule is COC[C@@]1(C)NCCN(Cc2ccccc2)C1=O. The molecular formula is C14H20N2O2. The van der Waals surface area contributed by atoms with Crippen molar-refractivity contribution in [3.05, 3.63) is 35.9 Å². The van der Waals surface area contributed by atoms with Gasteiger partial charge in [0.25, 0.3) is 0 Å². The molecule has 1 atom stereocenters. The van der Waals surface area contributed by atoms with Crippen LogP contribution in [0, 0.1) is 0 Å². The molecule has 4 nitrogen and oxygen atoms in total. The monoisotopic (exact) mass is 248 g/mol. The lowest BCUT2D eigenvalue weighted by atomic mass is 9.98. The van der Waals surface area contributed by atoms with Crippen molar-refractivity contribution >= 4 is 5.91 Å². The minimum atomic E-state index is -0.595. The molecule has 2 rings (SSSR count). The van der Waals surface area contributed by atoms with E-state index in [0.717, 1.165) is 18.7 Å². The van der Waals surface area contributed by atoms with E-state index in [1.807, 2.05) is 42.2 Å². The van der Waals surface area contributed by atoms with Crippen molar-refractivity contribution in [2.24, 2.45) is 0 Å². The fourth-order valence-electron chi connectivity index (χ4n) is 2.35. The summed E-state index contributed by atoms with van der Waals surface area (Å²) in [6.07, 6.45) is 0. The summed E-state index contributed by atoms with van der Waals surface area (Å²) in [6.45, 7) is 4.51. The Kier molecular flexibility index (Phi) is 3.99. The number of nitrogens with zero attached hydrogens (tertiary/aromatic N) is 1. The van der Waals surface area contributed by atoms with Gasteiger partial charge in [-0.05, 0) is 12.5 Å². The third-order valence-corrected chi connectivity index (χ3v) is 3.31. The van der Waals surface area contributed by atoms with E-state index >= 15 is 0 Å². The Balaban J connectivity index is 2.07. The van der Waals surface area contributed by atoms with Crippen LogP contribution < -0.4 is 5.32 Å². The molecule has 4 heteroatoms. The molecule has 0 saturated carbocycles. The highest BCUT2D eigenvalue weighted by Gasteiger charge is 2.39. The Morgan fingerprint density at radius 3 is 2.78 bits per heavy atom. The molecule has 1 fully saturated rings. The van der Waals surface area contributed by atoms with E-state index < -0.39 is 5.54 Å². The minimum Gasteiger partial charge on any atom is -0.382 e. The first-order valence-corrected chi connectivity index (χ1v) is 6.23. The van der Waals surface area contributed by atoms with Crippen LogP contribution in [0.1, 0.15) is 12.5 Å². The molecule has 0 spiro atoms. The molecule has 1 aromatic rings. The standard InChI is InChI=1S/C14H20N2O2/c1-14(11-18-2)13(17)16(9-8-15-14)10-12-6-4-3-5-7-12/h3-7,15H,8-11H2,1-2H3/t14-/m1/s1. The second-order valence-electron chi connectivity index (χ2n) is 4.90. The van der Waals surface area contributed by atoms with E-state index in [1.165, 1.54) is 0 Å². The molecule has 0 aromatic heterocycles. The number of piperazine rings is 1. The minimum absolute atomic E-state index is 0.111. The topological polar surface area (TPSA) is 41.6 Å². The summed E-state index contributed by atoms with van der Waals surface area (Å²) in [6, 6.07) is 10.1. The molecule has 1 N–H and O–H groups in total. The van der Waals surface area contributed by atoms with Crippen molar-refractivity contribution in [1.82, 2.24) is 10.2 Å².